The Bertz CT molecular complexity index is 413. The van der Waals surface area contributed by atoms with Crippen LogP contribution in [0.25, 0.3) is 0 Å². The normalized spacial score (nSPS) is 26.3. The molecule has 1 aliphatic heterocycles. The predicted molar refractivity (Wildman–Crippen MR) is 65.6 cm³/mol. The maximum atomic E-state index is 12.2. The van der Waals surface area contributed by atoms with Crippen LogP contribution >= 0.6 is 0 Å². The zero-order valence-electron chi connectivity index (χ0n) is 10.3. The summed E-state index contributed by atoms with van der Waals surface area (Å²) in [5.74, 6) is 0.282. The number of fused-ring (bicyclic) bond motifs is 1. The minimum Gasteiger partial charge on any atom is -0.296 e. The standard InChI is InChI=1S/C14H19NO/c1-4-14(2)9-13(16)12-8-6-5-7-11(12)10-15(14)3/h5-8H,4,9-10H2,1-3H3. The van der Waals surface area contributed by atoms with Gasteiger partial charge in [-0.3, -0.25) is 9.69 Å². The lowest BCUT2D eigenvalue weighted by atomic mass is 9.90. The molecule has 0 aromatic heterocycles. The molecule has 86 valence electrons. The van der Waals surface area contributed by atoms with Crippen molar-refractivity contribution in [2.45, 2.75) is 38.8 Å². The molecule has 0 bridgehead atoms. The maximum absolute atomic E-state index is 12.2. The van der Waals surface area contributed by atoms with Crippen molar-refractivity contribution in [3.8, 4) is 0 Å². The highest BCUT2D eigenvalue weighted by Crippen LogP contribution is 2.30. The fraction of sp³-hybridized carbons (Fsp3) is 0.500. The van der Waals surface area contributed by atoms with Crippen molar-refractivity contribution in [2.75, 3.05) is 7.05 Å². The van der Waals surface area contributed by atoms with E-state index in [1.807, 2.05) is 18.2 Å². The lowest BCUT2D eigenvalue weighted by molar-refractivity contribution is 0.0816. The summed E-state index contributed by atoms with van der Waals surface area (Å²) in [6, 6.07) is 7.97. The van der Waals surface area contributed by atoms with Gasteiger partial charge in [-0.15, -0.1) is 0 Å². The molecule has 1 aromatic carbocycles. The molecule has 1 unspecified atom stereocenters. The smallest absolute Gasteiger partial charge is 0.165 e. The van der Waals surface area contributed by atoms with Gasteiger partial charge in [-0.25, -0.2) is 0 Å². The van der Waals surface area contributed by atoms with Crippen molar-refractivity contribution in [1.29, 1.82) is 0 Å². The van der Waals surface area contributed by atoms with E-state index in [1.54, 1.807) is 0 Å². The van der Waals surface area contributed by atoms with Crippen LogP contribution in [-0.4, -0.2) is 23.3 Å². The molecule has 1 atom stereocenters. The fourth-order valence-corrected chi connectivity index (χ4v) is 2.35. The minimum absolute atomic E-state index is 0.00387. The lowest BCUT2D eigenvalue weighted by Gasteiger charge is -2.36. The molecule has 0 fully saturated rings. The van der Waals surface area contributed by atoms with Crippen molar-refractivity contribution in [1.82, 2.24) is 4.90 Å². The molecule has 2 rings (SSSR count). The van der Waals surface area contributed by atoms with Crippen LogP contribution in [-0.2, 0) is 6.54 Å². The Morgan fingerprint density at radius 2 is 2.06 bits per heavy atom. The second kappa shape index (κ2) is 4.02. The fourth-order valence-electron chi connectivity index (χ4n) is 2.35. The molecule has 0 radical (unpaired) electrons. The zero-order chi connectivity index (χ0) is 11.8. The average Bonchev–Trinajstić information content (AvgIpc) is 2.37. The Balaban J connectivity index is 2.44. The number of hydrogen-bond acceptors (Lipinski definition) is 2. The predicted octanol–water partition coefficient (Wildman–Crippen LogP) is 2.87. The first-order valence-corrected chi connectivity index (χ1v) is 5.89. The molecule has 1 aromatic rings. The van der Waals surface area contributed by atoms with Crippen molar-refractivity contribution >= 4 is 5.78 Å². The third-order valence-corrected chi connectivity index (χ3v) is 3.95. The molecular formula is C14H19NO. The van der Waals surface area contributed by atoms with Crippen LogP contribution < -0.4 is 0 Å². The van der Waals surface area contributed by atoms with Crippen molar-refractivity contribution < 1.29 is 4.79 Å². The molecule has 2 heteroatoms. The van der Waals surface area contributed by atoms with Crippen molar-refractivity contribution in [3.05, 3.63) is 35.4 Å². The quantitative estimate of drug-likeness (QED) is 0.721. The molecule has 0 N–H and O–H groups in total. The molecule has 0 saturated carbocycles. The van der Waals surface area contributed by atoms with E-state index in [4.69, 9.17) is 0 Å². The topological polar surface area (TPSA) is 20.3 Å². The van der Waals surface area contributed by atoms with Crippen LogP contribution in [0.2, 0.25) is 0 Å². The summed E-state index contributed by atoms with van der Waals surface area (Å²) in [7, 11) is 2.11. The Hall–Kier alpha value is -1.15. The van der Waals surface area contributed by atoms with Crippen LogP contribution in [0.5, 0.6) is 0 Å². The summed E-state index contributed by atoms with van der Waals surface area (Å²) in [6.07, 6.45) is 1.63. The number of carbonyl (C=O) groups excluding carboxylic acids is 1. The molecular weight excluding hydrogens is 198 g/mol. The first-order valence-electron chi connectivity index (χ1n) is 5.89. The van der Waals surface area contributed by atoms with Gasteiger partial charge in [0.1, 0.15) is 0 Å². The largest absolute Gasteiger partial charge is 0.296 e. The van der Waals surface area contributed by atoms with E-state index < -0.39 is 0 Å². The molecule has 0 saturated heterocycles. The van der Waals surface area contributed by atoms with Gasteiger partial charge in [-0.05, 0) is 26.0 Å². The molecule has 1 aliphatic rings. The highest BCUT2D eigenvalue weighted by molar-refractivity contribution is 5.98. The van der Waals surface area contributed by atoms with E-state index >= 15 is 0 Å². The highest BCUT2D eigenvalue weighted by Gasteiger charge is 2.34. The first kappa shape index (κ1) is 11.3. The van der Waals surface area contributed by atoms with Gasteiger partial charge in [0.15, 0.2) is 5.78 Å². The van der Waals surface area contributed by atoms with Gasteiger partial charge >= 0.3 is 0 Å². The monoisotopic (exact) mass is 217 g/mol. The zero-order valence-corrected chi connectivity index (χ0v) is 10.3. The van der Waals surface area contributed by atoms with E-state index in [2.05, 4.69) is 31.9 Å². The molecule has 16 heavy (non-hydrogen) atoms. The van der Waals surface area contributed by atoms with E-state index in [1.165, 1.54) is 0 Å². The molecule has 0 spiro atoms. The van der Waals surface area contributed by atoms with Gasteiger partial charge in [-0.2, -0.15) is 0 Å². The van der Waals surface area contributed by atoms with Gasteiger partial charge in [0.05, 0.1) is 0 Å². The highest BCUT2D eigenvalue weighted by atomic mass is 16.1. The molecule has 0 aliphatic carbocycles. The Morgan fingerprint density at radius 3 is 2.75 bits per heavy atom. The van der Waals surface area contributed by atoms with Gasteiger partial charge in [0, 0.05) is 24.1 Å². The van der Waals surface area contributed by atoms with Gasteiger partial charge in [0.2, 0.25) is 0 Å². The van der Waals surface area contributed by atoms with Gasteiger partial charge < -0.3 is 0 Å². The van der Waals surface area contributed by atoms with E-state index in [9.17, 15) is 4.79 Å². The van der Waals surface area contributed by atoms with Crippen molar-refractivity contribution in [3.63, 3.8) is 0 Å². The van der Waals surface area contributed by atoms with E-state index in [0.717, 1.165) is 24.1 Å². The Kier molecular flexibility index (Phi) is 2.85. The second-order valence-electron chi connectivity index (χ2n) is 4.96. The number of nitrogens with zero attached hydrogens (tertiary/aromatic N) is 1. The molecule has 0 amide bonds. The summed E-state index contributed by atoms with van der Waals surface area (Å²) < 4.78 is 0. The minimum atomic E-state index is -0.00387. The average molecular weight is 217 g/mol. The Morgan fingerprint density at radius 1 is 1.38 bits per heavy atom. The number of rotatable bonds is 1. The van der Waals surface area contributed by atoms with Crippen LogP contribution in [0.3, 0.4) is 0 Å². The Labute approximate surface area is 97.3 Å². The summed E-state index contributed by atoms with van der Waals surface area (Å²) in [5, 5.41) is 0. The number of hydrogen-bond donors (Lipinski definition) is 0. The number of benzene rings is 1. The SMILES string of the molecule is CCC1(C)CC(=O)c2ccccc2CN1C. The summed E-state index contributed by atoms with van der Waals surface area (Å²) in [4.78, 5) is 14.5. The molecule has 1 heterocycles. The van der Waals surface area contributed by atoms with Gasteiger partial charge in [0.25, 0.3) is 0 Å². The van der Waals surface area contributed by atoms with Crippen LogP contribution in [0.15, 0.2) is 24.3 Å². The van der Waals surface area contributed by atoms with E-state index in [0.29, 0.717) is 6.42 Å². The molecule has 2 nitrogen and oxygen atoms in total. The number of ketones is 1. The van der Waals surface area contributed by atoms with Crippen LogP contribution in [0.1, 0.15) is 42.6 Å². The van der Waals surface area contributed by atoms with Crippen LogP contribution in [0, 0.1) is 0 Å². The summed E-state index contributed by atoms with van der Waals surface area (Å²) >= 11 is 0. The summed E-state index contributed by atoms with van der Waals surface area (Å²) in [5.41, 5.74) is 2.06. The number of carbonyl (C=O) groups is 1. The third-order valence-electron chi connectivity index (χ3n) is 3.95. The number of Topliss-reactive ketones (excluding diaryl/α,β-unsaturated/α-hetero) is 1. The summed E-state index contributed by atoms with van der Waals surface area (Å²) in [6.45, 7) is 5.20. The van der Waals surface area contributed by atoms with Crippen molar-refractivity contribution in [2.24, 2.45) is 0 Å². The second-order valence-corrected chi connectivity index (χ2v) is 4.96. The lowest BCUT2D eigenvalue weighted by Crippen LogP contribution is -2.42. The van der Waals surface area contributed by atoms with E-state index in [-0.39, 0.29) is 11.3 Å². The third kappa shape index (κ3) is 1.78. The maximum Gasteiger partial charge on any atom is 0.165 e. The van der Waals surface area contributed by atoms with Crippen LogP contribution in [0.4, 0.5) is 0 Å². The van der Waals surface area contributed by atoms with Gasteiger partial charge in [-0.1, -0.05) is 31.2 Å². The first-order chi connectivity index (χ1) is 7.57.